The molecule has 7 nitrogen and oxygen atoms in total. The number of benzene rings is 2. The van der Waals surface area contributed by atoms with Crippen LogP contribution in [0.2, 0.25) is 0 Å². The summed E-state index contributed by atoms with van der Waals surface area (Å²) in [4.78, 5) is 22.9. The molecule has 7 heteroatoms. The molecule has 0 amide bonds. The van der Waals surface area contributed by atoms with E-state index in [9.17, 15) is 25.0 Å². The summed E-state index contributed by atoms with van der Waals surface area (Å²) < 4.78 is 0.833. The molecule has 1 heterocycles. The summed E-state index contributed by atoms with van der Waals surface area (Å²) in [5, 5.41) is 33.7. The molecule has 22 heavy (non-hydrogen) atoms. The molecule has 1 aromatic heterocycles. The number of nitrogens with zero attached hydrogens (tertiary/aromatic N) is 2. The second-order valence-corrected chi connectivity index (χ2v) is 4.82. The van der Waals surface area contributed by atoms with E-state index in [-0.39, 0.29) is 6.61 Å². The predicted molar refractivity (Wildman–Crippen MR) is 81.0 cm³/mol. The van der Waals surface area contributed by atoms with Gasteiger partial charge in [-0.15, -0.1) is 4.91 Å². The van der Waals surface area contributed by atoms with Crippen LogP contribution >= 0.6 is 0 Å². The largest absolute Gasteiger partial charge is 0.494 e. The Kier molecular flexibility index (Phi) is 3.36. The zero-order valence-electron chi connectivity index (χ0n) is 11.4. The highest BCUT2D eigenvalue weighted by Gasteiger charge is 2.16. The molecular formula is C15H12N2O5. The first-order valence-corrected chi connectivity index (χ1v) is 6.48. The maximum atomic E-state index is 12.3. The SMILES string of the molecule is O=NC=c1c(CO)cc2c(O)n(CO)c(=O)c3cccc1c23. The lowest BCUT2D eigenvalue weighted by atomic mass is 9.97. The van der Waals surface area contributed by atoms with Crippen LogP contribution in [-0.2, 0) is 13.3 Å². The summed E-state index contributed by atoms with van der Waals surface area (Å²) in [5.74, 6) is -0.392. The summed E-state index contributed by atoms with van der Waals surface area (Å²) in [6, 6.07) is 6.35. The maximum absolute atomic E-state index is 12.3. The fourth-order valence-corrected chi connectivity index (χ4v) is 2.77. The minimum absolute atomic E-state index is 0.296. The van der Waals surface area contributed by atoms with Gasteiger partial charge in [0.25, 0.3) is 5.56 Å². The van der Waals surface area contributed by atoms with E-state index in [0.29, 0.717) is 32.3 Å². The number of nitroso groups, excluding NO2 is 1. The van der Waals surface area contributed by atoms with Gasteiger partial charge in [-0.05, 0) is 28.3 Å². The van der Waals surface area contributed by atoms with Crippen molar-refractivity contribution in [2.24, 2.45) is 5.18 Å². The Labute approximate surface area is 123 Å². The van der Waals surface area contributed by atoms with Crippen LogP contribution in [-0.4, -0.2) is 19.9 Å². The number of pyridine rings is 1. The summed E-state index contributed by atoms with van der Waals surface area (Å²) >= 11 is 0. The van der Waals surface area contributed by atoms with Crippen LogP contribution in [0.25, 0.3) is 27.7 Å². The molecule has 0 spiro atoms. The van der Waals surface area contributed by atoms with Gasteiger partial charge in [0, 0.05) is 21.4 Å². The third kappa shape index (κ3) is 1.80. The molecule has 0 radical (unpaired) electrons. The summed E-state index contributed by atoms with van der Waals surface area (Å²) in [5.41, 5.74) is -0.155. The monoisotopic (exact) mass is 300 g/mol. The van der Waals surface area contributed by atoms with Gasteiger partial charge in [0.2, 0.25) is 5.88 Å². The van der Waals surface area contributed by atoms with Crippen molar-refractivity contribution in [1.29, 1.82) is 0 Å². The van der Waals surface area contributed by atoms with Crippen LogP contribution < -0.4 is 10.8 Å². The highest BCUT2D eigenvalue weighted by atomic mass is 16.3. The zero-order valence-corrected chi connectivity index (χ0v) is 11.4. The van der Waals surface area contributed by atoms with Gasteiger partial charge < -0.3 is 15.3 Å². The average Bonchev–Trinajstić information content (AvgIpc) is 2.54. The highest BCUT2D eigenvalue weighted by Crippen LogP contribution is 2.30. The average molecular weight is 300 g/mol. The Balaban J connectivity index is 2.72. The number of rotatable bonds is 3. The second-order valence-electron chi connectivity index (χ2n) is 4.82. The maximum Gasteiger partial charge on any atom is 0.263 e. The lowest BCUT2D eigenvalue weighted by Gasteiger charge is -2.14. The summed E-state index contributed by atoms with van der Waals surface area (Å²) in [6.07, 6.45) is 1.06. The van der Waals surface area contributed by atoms with Gasteiger partial charge in [0.05, 0.1) is 12.8 Å². The van der Waals surface area contributed by atoms with E-state index in [2.05, 4.69) is 5.18 Å². The molecule has 0 unspecified atom stereocenters. The lowest BCUT2D eigenvalue weighted by Crippen LogP contribution is -2.22. The Bertz CT molecular complexity index is 1010. The van der Waals surface area contributed by atoms with E-state index in [1.54, 1.807) is 18.2 Å². The van der Waals surface area contributed by atoms with Crippen LogP contribution in [0.3, 0.4) is 0 Å². The van der Waals surface area contributed by atoms with E-state index in [0.717, 1.165) is 10.8 Å². The Hall–Kier alpha value is -2.77. The molecule has 0 atom stereocenters. The Morgan fingerprint density at radius 3 is 2.55 bits per heavy atom. The van der Waals surface area contributed by atoms with Gasteiger partial charge >= 0.3 is 0 Å². The molecule has 3 aromatic rings. The van der Waals surface area contributed by atoms with E-state index in [4.69, 9.17) is 0 Å². The van der Waals surface area contributed by atoms with Gasteiger partial charge in [-0.1, -0.05) is 12.1 Å². The van der Waals surface area contributed by atoms with Crippen molar-refractivity contribution in [1.82, 2.24) is 4.57 Å². The van der Waals surface area contributed by atoms with E-state index < -0.39 is 18.2 Å². The van der Waals surface area contributed by atoms with Crippen LogP contribution in [0.15, 0.2) is 34.2 Å². The number of aliphatic hydroxyl groups is 2. The molecule has 0 saturated carbocycles. The van der Waals surface area contributed by atoms with E-state index in [1.807, 2.05) is 0 Å². The zero-order chi connectivity index (χ0) is 15.9. The minimum atomic E-state index is -0.668. The van der Waals surface area contributed by atoms with Crippen molar-refractivity contribution in [3.05, 3.63) is 50.3 Å². The molecule has 3 rings (SSSR count). The first-order chi connectivity index (χ1) is 10.6. The Morgan fingerprint density at radius 1 is 1.18 bits per heavy atom. The first kappa shape index (κ1) is 14.2. The molecule has 0 fully saturated rings. The van der Waals surface area contributed by atoms with Crippen molar-refractivity contribution in [2.75, 3.05) is 0 Å². The molecule has 3 N–H and O–H groups in total. The lowest BCUT2D eigenvalue weighted by molar-refractivity contribution is 0.192. The highest BCUT2D eigenvalue weighted by molar-refractivity contribution is 6.12. The van der Waals surface area contributed by atoms with Crippen LogP contribution in [0.5, 0.6) is 5.88 Å². The number of hydrogen-bond acceptors (Lipinski definition) is 6. The van der Waals surface area contributed by atoms with Crippen molar-refractivity contribution in [3.63, 3.8) is 0 Å². The summed E-state index contributed by atoms with van der Waals surface area (Å²) in [6.45, 7) is -1.03. The number of aliphatic hydroxyl groups excluding tert-OH is 2. The number of aromatic hydroxyl groups is 1. The van der Waals surface area contributed by atoms with Gasteiger partial charge in [0.15, 0.2) is 0 Å². The fourth-order valence-electron chi connectivity index (χ4n) is 2.77. The quantitative estimate of drug-likeness (QED) is 0.611. The van der Waals surface area contributed by atoms with E-state index in [1.165, 1.54) is 6.07 Å². The molecule has 0 saturated heterocycles. The number of aromatic nitrogens is 1. The molecule has 112 valence electrons. The smallest absolute Gasteiger partial charge is 0.263 e. The van der Waals surface area contributed by atoms with Crippen LogP contribution in [0.4, 0.5) is 0 Å². The molecule has 0 aliphatic rings. The van der Waals surface area contributed by atoms with Gasteiger partial charge in [0.1, 0.15) is 6.73 Å². The van der Waals surface area contributed by atoms with Gasteiger partial charge in [-0.2, -0.15) is 0 Å². The minimum Gasteiger partial charge on any atom is -0.494 e. The normalized spacial score (nSPS) is 12.4. The molecule has 0 bridgehead atoms. The van der Waals surface area contributed by atoms with Crippen LogP contribution in [0, 0.1) is 4.91 Å². The van der Waals surface area contributed by atoms with Gasteiger partial charge in [-0.25, -0.2) is 0 Å². The first-order valence-electron chi connectivity index (χ1n) is 6.48. The third-order valence-electron chi connectivity index (χ3n) is 3.75. The topological polar surface area (TPSA) is 112 Å². The van der Waals surface area contributed by atoms with Crippen molar-refractivity contribution >= 4 is 27.7 Å². The molecule has 2 aromatic carbocycles. The van der Waals surface area contributed by atoms with Gasteiger partial charge in [-0.3, -0.25) is 9.36 Å². The summed E-state index contributed by atoms with van der Waals surface area (Å²) in [7, 11) is 0. The molecule has 0 aliphatic heterocycles. The third-order valence-corrected chi connectivity index (χ3v) is 3.75. The van der Waals surface area contributed by atoms with E-state index >= 15 is 0 Å². The predicted octanol–water partition coefficient (Wildman–Crippen LogP) is 0.526. The fraction of sp³-hybridized carbons (Fsp3) is 0.133. The number of hydrogen-bond donors (Lipinski definition) is 3. The Morgan fingerprint density at radius 2 is 1.91 bits per heavy atom. The molecule has 0 aliphatic carbocycles. The van der Waals surface area contributed by atoms with Crippen molar-refractivity contribution < 1.29 is 15.3 Å². The molecular weight excluding hydrogens is 288 g/mol. The standard InChI is InChI=1S/C15H12N2O5/c18-6-8-4-11-13-9(12(8)5-16-22)2-1-3-10(13)14(20)17(7-19)15(11)21/h1-5,18-19,21H,6-7H2. The second kappa shape index (κ2) is 5.21. The van der Waals surface area contributed by atoms with Crippen LogP contribution in [0.1, 0.15) is 5.56 Å². The van der Waals surface area contributed by atoms with Crippen molar-refractivity contribution in [2.45, 2.75) is 13.3 Å². The van der Waals surface area contributed by atoms with Crippen molar-refractivity contribution in [3.8, 4) is 5.88 Å².